The summed E-state index contributed by atoms with van der Waals surface area (Å²) in [7, 11) is 0. The maximum atomic E-state index is 11.4. The first kappa shape index (κ1) is 21.1. The lowest BCUT2D eigenvalue weighted by Gasteiger charge is -2.36. The van der Waals surface area contributed by atoms with E-state index in [1.807, 2.05) is 24.3 Å². The second-order valence-corrected chi connectivity index (χ2v) is 6.58. The number of hydrogen-bond acceptors (Lipinski definition) is 5. The fraction of sp³-hybridized carbons (Fsp3) is 0.278. The van der Waals surface area contributed by atoms with Gasteiger partial charge in [0.2, 0.25) is 5.91 Å². The number of nitrogens with two attached hydrogens (primary N) is 1. The molecule has 1 fully saturated rings. The third-order valence-corrected chi connectivity index (χ3v) is 4.90. The minimum absolute atomic E-state index is 0. The van der Waals surface area contributed by atoms with Crippen molar-refractivity contribution in [2.45, 2.75) is 12.6 Å². The van der Waals surface area contributed by atoms with Crippen LogP contribution in [-0.4, -0.2) is 35.4 Å². The van der Waals surface area contributed by atoms with Gasteiger partial charge in [0.25, 0.3) is 5.69 Å². The highest BCUT2D eigenvalue weighted by molar-refractivity contribution is 6.31. The molecule has 3 N–H and O–H groups in total. The molecule has 9 heteroatoms. The molecule has 0 saturated carbocycles. The molecule has 1 aliphatic rings. The summed E-state index contributed by atoms with van der Waals surface area (Å²) < 4.78 is 0. The molecular formula is C18H20Cl2N4O3. The van der Waals surface area contributed by atoms with Gasteiger partial charge in [-0.15, -0.1) is 12.4 Å². The van der Waals surface area contributed by atoms with Crippen LogP contribution < -0.4 is 11.1 Å². The Hall–Kier alpha value is -2.19. The first-order valence-electron chi connectivity index (χ1n) is 8.23. The molecule has 1 heterocycles. The zero-order valence-corrected chi connectivity index (χ0v) is 16.0. The summed E-state index contributed by atoms with van der Waals surface area (Å²) in [4.78, 5) is 24.4. The standard InChI is InChI=1S/C18H19ClN4O3.ClH/c19-15-4-2-1-3-14(15)17-10-21-7-8-22(17)11-13-6-5-12(18(20)24)9-16(13)23(25)26;/h1-6,9,17,21H,7-8,10-11H2,(H2,20,24);1H. The molecule has 27 heavy (non-hydrogen) atoms. The van der Waals surface area contributed by atoms with Crippen molar-refractivity contribution in [1.29, 1.82) is 0 Å². The van der Waals surface area contributed by atoms with E-state index in [0.29, 0.717) is 23.7 Å². The van der Waals surface area contributed by atoms with Crippen molar-refractivity contribution in [3.05, 3.63) is 74.3 Å². The van der Waals surface area contributed by atoms with Gasteiger partial charge in [0.15, 0.2) is 0 Å². The molecule has 0 spiro atoms. The van der Waals surface area contributed by atoms with Crippen LogP contribution in [0.15, 0.2) is 42.5 Å². The van der Waals surface area contributed by atoms with Gasteiger partial charge in [0, 0.05) is 54.4 Å². The number of carbonyl (C=O) groups is 1. The summed E-state index contributed by atoms with van der Waals surface area (Å²) in [5.41, 5.74) is 6.79. The molecule has 1 amide bonds. The lowest BCUT2D eigenvalue weighted by Crippen LogP contribution is -2.45. The fourth-order valence-corrected chi connectivity index (χ4v) is 3.49. The molecule has 7 nitrogen and oxygen atoms in total. The summed E-state index contributed by atoms with van der Waals surface area (Å²) in [6.07, 6.45) is 0. The van der Waals surface area contributed by atoms with Crippen LogP contribution in [0.4, 0.5) is 5.69 Å². The monoisotopic (exact) mass is 410 g/mol. The summed E-state index contributed by atoms with van der Waals surface area (Å²) >= 11 is 6.35. The summed E-state index contributed by atoms with van der Waals surface area (Å²) in [5.74, 6) is -0.684. The van der Waals surface area contributed by atoms with Gasteiger partial charge >= 0.3 is 0 Å². The van der Waals surface area contributed by atoms with Gasteiger partial charge in [-0.3, -0.25) is 19.8 Å². The van der Waals surface area contributed by atoms with Crippen LogP contribution in [0.3, 0.4) is 0 Å². The average Bonchev–Trinajstić information content (AvgIpc) is 2.63. The molecule has 1 atom stereocenters. The normalized spacial score (nSPS) is 17.1. The molecule has 2 aromatic carbocycles. The van der Waals surface area contributed by atoms with Gasteiger partial charge in [-0.1, -0.05) is 35.9 Å². The Morgan fingerprint density at radius 2 is 2.07 bits per heavy atom. The molecule has 3 rings (SSSR count). The Morgan fingerprint density at radius 3 is 2.74 bits per heavy atom. The van der Waals surface area contributed by atoms with E-state index in [4.69, 9.17) is 17.3 Å². The molecule has 1 aliphatic heterocycles. The number of benzene rings is 2. The van der Waals surface area contributed by atoms with E-state index in [2.05, 4.69) is 10.2 Å². The molecular weight excluding hydrogens is 391 g/mol. The van der Waals surface area contributed by atoms with Gasteiger partial charge in [-0.05, 0) is 17.7 Å². The Balaban J connectivity index is 0.00000261. The van der Waals surface area contributed by atoms with E-state index >= 15 is 0 Å². The number of nitrogens with one attached hydrogen (secondary N) is 1. The van der Waals surface area contributed by atoms with Gasteiger partial charge in [-0.2, -0.15) is 0 Å². The zero-order chi connectivity index (χ0) is 18.7. The lowest BCUT2D eigenvalue weighted by atomic mass is 10.0. The number of piperazine rings is 1. The van der Waals surface area contributed by atoms with E-state index in [1.54, 1.807) is 6.07 Å². The largest absolute Gasteiger partial charge is 0.366 e. The topological polar surface area (TPSA) is 102 Å². The smallest absolute Gasteiger partial charge is 0.274 e. The van der Waals surface area contributed by atoms with Crippen molar-refractivity contribution < 1.29 is 9.72 Å². The minimum atomic E-state index is -0.684. The third kappa shape index (κ3) is 4.75. The van der Waals surface area contributed by atoms with Gasteiger partial charge in [0.05, 0.1) is 4.92 Å². The molecule has 0 aromatic heterocycles. The second kappa shape index (κ2) is 9.14. The number of halogens is 2. The van der Waals surface area contributed by atoms with Crippen LogP contribution in [0, 0.1) is 10.1 Å². The molecule has 1 saturated heterocycles. The maximum Gasteiger partial charge on any atom is 0.274 e. The van der Waals surface area contributed by atoms with Gasteiger partial charge in [-0.25, -0.2) is 0 Å². The fourth-order valence-electron chi connectivity index (χ4n) is 3.23. The molecule has 1 unspecified atom stereocenters. The van der Waals surface area contributed by atoms with E-state index in [9.17, 15) is 14.9 Å². The van der Waals surface area contributed by atoms with Crippen LogP contribution in [0.25, 0.3) is 0 Å². The first-order chi connectivity index (χ1) is 12.5. The van der Waals surface area contributed by atoms with E-state index < -0.39 is 10.8 Å². The highest BCUT2D eigenvalue weighted by Crippen LogP contribution is 2.31. The van der Waals surface area contributed by atoms with Gasteiger partial charge in [0.1, 0.15) is 0 Å². The lowest BCUT2D eigenvalue weighted by molar-refractivity contribution is -0.385. The van der Waals surface area contributed by atoms with Gasteiger partial charge < -0.3 is 11.1 Å². The summed E-state index contributed by atoms with van der Waals surface area (Å²) in [6.45, 7) is 2.60. The van der Waals surface area contributed by atoms with Crippen molar-refractivity contribution in [1.82, 2.24) is 10.2 Å². The molecule has 2 aromatic rings. The summed E-state index contributed by atoms with van der Waals surface area (Å²) in [6, 6.07) is 12.0. The predicted octanol–water partition coefficient (Wildman–Crippen LogP) is 2.92. The zero-order valence-electron chi connectivity index (χ0n) is 14.4. The Labute approximate surface area is 168 Å². The molecule has 0 bridgehead atoms. The summed E-state index contributed by atoms with van der Waals surface area (Å²) in [5, 5.41) is 15.5. The van der Waals surface area contributed by atoms with Crippen LogP contribution in [0.1, 0.15) is 27.5 Å². The second-order valence-electron chi connectivity index (χ2n) is 6.18. The number of nitro groups is 1. The average molecular weight is 411 g/mol. The van der Waals surface area contributed by atoms with E-state index in [-0.39, 0.29) is 29.7 Å². The van der Waals surface area contributed by atoms with Crippen LogP contribution in [-0.2, 0) is 6.54 Å². The Morgan fingerprint density at radius 1 is 1.33 bits per heavy atom. The number of hydrogen-bond donors (Lipinski definition) is 2. The van der Waals surface area contributed by atoms with Crippen LogP contribution in [0.2, 0.25) is 5.02 Å². The molecule has 0 aliphatic carbocycles. The van der Waals surface area contributed by atoms with Crippen molar-refractivity contribution in [3.8, 4) is 0 Å². The van der Waals surface area contributed by atoms with Crippen molar-refractivity contribution in [2.75, 3.05) is 19.6 Å². The van der Waals surface area contributed by atoms with E-state index in [0.717, 1.165) is 18.7 Å². The highest BCUT2D eigenvalue weighted by atomic mass is 35.5. The number of nitrogens with zero attached hydrogens (tertiary/aromatic N) is 2. The Kier molecular flexibility index (Phi) is 7.15. The van der Waals surface area contributed by atoms with Crippen molar-refractivity contribution in [2.24, 2.45) is 5.73 Å². The molecule has 144 valence electrons. The number of amides is 1. The number of carbonyl (C=O) groups excluding carboxylic acids is 1. The minimum Gasteiger partial charge on any atom is -0.366 e. The third-order valence-electron chi connectivity index (χ3n) is 4.56. The van der Waals surface area contributed by atoms with E-state index in [1.165, 1.54) is 12.1 Å². The number of rotatable bonds is 5. The van der Waals surface area contributed by atoms with Crippen molar-refractivity contribution in [3.63, 3.8) is 0 Å². The SMILES string of the molecule is Cl.NC(=O)c1ccc(CN2CCNCC2c2ccccc2Cl)c([N+](=O)[O-])c1. The maximum absolute atomic E-state index is 11.4. The predicted molar refractivity (Wildman–Crippen MR) is 106 cm³/mol. The van der Waals surface area contributed by atoms with Crippen molar-refractivity contribution >= 4 is 35.6 Å². The van der Waals surface area contributed by atoms with Crippen LogP contribution >= 0.6 is 24.0 Å². The first-order valence-corrected chi connectivity index (χ1v) is 8.61. The van der Waals surface area contributed by atoms with Crippen LogP contribution in [0.5, 0.6) is 0 Å². The highest BCUT2D eigenvalue weighted by Gasteiger charge is 2.27. The Bertz CT molecular complexity index is 847. The quantitative estimate of drug-likeness (QED) is 0.582. The molecule has 0 radical (unpaired) electrons. The number of primary amides is 1. The number of nitro benzene ring substituents is 1.